The van der Waals surface area contributed by atoms with Crippen LogP contribution in [-0.4, -0.2) is 50.3 Å². The molecule has 0 fully saturated rings. The first kappa shape index (κ1) is 16.6. The lowest BCUT2D eigenvalue weighted by Gasteiger charge is -2.27. The number of aryl methyl sites for hydroxylation is 2. The quantitative estimate of drug-likeness (QED) is 0.854. The number of rotatable bonds is 3. The van der Waals surface area contributed by atoms with Crippen LogP contribution in [0.2, 0.25) is 0 Å². The largest absolute Gasteiger partial charge is 0.377 e. The lowest BCUT2D eigenvalue weighted by Crippen LogP contribution is -2.40. The van der Waals surface area contributed by atoms with Gasteiger partial charge in [-0.2, -0.15) is 0 Å². The molecule has 0 bridgehead atoms. The second-order valence-corrected chi connectivity index (χ2v) is 6.31. The van der Waals surface area contributed by atoms with Crippen molar-refractivity contribution in [1.82, 2.24) is 24.6 Å². The zero-order chi connectivity index (χ0) is 17.3. The maximum atomic E-state index is 13.0. The number of ether oxygens (including phenoxy) is 1. The van der Waals surface area contributed by atoms with Gasteiger partial charge in [0.1, 0.15) is 12.4 Å². The molecule has 7 heteroatoms. The van der Waals surface area contributed by atoms with Crippen molar-refractivity contribution in [2.45, 2.75) is 46.4 Å². The standard InChI is InChI=1S/C17H23N5O2/c1-11-7-14(8-12(2)18-11)17(23)21-5-6-22-15(9-13(21)3)19-20-16(22)10-24-4/h7-8,13H,5-6,9-10H2,1-4H3/t13-/m0/s1. The maximum absolute atomic E-state index is 13.0. The highest BCUT2D eigenvalue weighted by Gasteiger charge is 2.28. The molecular formula is C17H23N5O2. The van der Waals surface area contributed by atoms with Gasteiger partial charge in [0.05, 0.1) is 0 Å². The summed E-state index contributed by atoms with van der Waals surface area (Å²) in [5.41, 5.74) is 2.42. The normalized spacial score (nSPS) is 17.5. The molecule has 3 rings (SSSR count). The van der Waals surface area contributed by atoms with Crippen molar-refractivity contribution >= 4 is 5.91 Å². The Morgan fingerprint density at radius 2 is 1.96 bits per heavy atom. The molecule has 128 valence electrons. The summed E-state index contributed by atoms with van der Waals surface area (Å²) in [5.74, 6) is 1.76. The molecule has 24 heavy (non-hydrogen) atoms. The Bertz CT molecular complexity index is 735. The molecule has 0 unspecified atom stereocenters. The molecule has 0 saturated heterocycles. The van der Waals surface area contributed by atoms with E-state index in [0.717, 1.165) is 23.0 Å². The van der Waals surface area contributed by atoms with Crippen LogP contribution in [0.25, 0.3) is 0 Å². The topological polar surface area (TPSA) is 73.1 Å². The number of nitrogens with zero attached hydrogens (tertiary/aromatic N) is 5. The van der Waals surface area contributed by atoms with Gasteiger partial charge in [0.25, 0.3) is 5.91 Å². The van der Waals surface area contributed by atoms with E-state index < -0.39 is 0 Å². The fourth-order valence-corrected chi connectivity index (χ4v) is 3.25. The highest BCUT2D eigenvalue weighted by Crippen LogP contribution is 2.18. The predicted octanol–water partition coefficient (Wildman–Crippen LogP) is 1.52. The number of pyridine rings is 1. The monoisotopic (exact) mass is 329 g/mol. The second kappa shape index (κ2) is 6.68. The first-order valence-electron chi connectivity index (χ1n) is 8.15. The van der Waals surface area contributed by atoms with Gasteiger partial charge >= 0.3 is 0 Å². The molecule has 0 aliphatic carbocycles. The summed E-state index contributed by atoms with van der Waals surface area (Å²) in [5, 5.41) is 8.46. The van der Waals surface area contributed by atoms with E-state index in [4.69, 9.17) is 4.74 Å². The first-order chi connectivity index (χ1) is 11.5. The predicted molar refractivity (Wildman–Crippen MR) is 88.6 cm³/mol. The number of methoxy groups -OCH3 is 1. The van der Waals surface area contributed by atoms with E-state index in [9.17, 15) is 4.79 Å². The van der Waals surface area contributed by atoms with E-state index >= 15 is 0 Å². The number of fused-ring (bicyclic) bond motifs is 1. The first-order valence-corrected chi connectivity index (χ1v) is 8.15. The second-order valence-electron chi connectivity index (χ2n) is 6.31. The van der Waals surface area contributed by atoms with E-state index in [1.807, 2.05) is 30.9 Å². The number of carbonyl (C=O) groups is 1. The number of aromatic nitrogens is 4. The van der Waals surface area contributed by atoms with Gasteiger partial charge in [0.2, 0.25) is 0 Å². The Morgan fingerprint density at radius 3 is 2.62 bits per heavy atom. The van der Waals surface area contributed by atoms with Crippen LogP contribution >= 0.6 is 0 Å². The van der Waals surface area contributed by atoms with Gasteiger partial charge in [-0.15, -0.1) is 10.2 Å². The van der Waals surface area contributed by atoms with Crippen LogP contribution in [0.4, 0.5) is 0 Å². The van der Waals surface area contributed by atoms with Crippen LogP contribution in [0.5, 0.6) is 0 Å². The summed E-state index contributed by atoms with van der Waals surface area (Å²) in [6, 6.07) is 3.76. The van der Waals surface area contributed by atoms with Crippen molar-refractivity contribution in [2.24, 2.45) is 0 Å². The molecular weight excluding hydrogens is 306 g/mol. The average molecular weight is 329 g/mol. The molecule has 2 aromatic rings. The Kier molecular flexibility index (Phi) is 4.62. The summed E-state index contributed by atoms with van der Waals surface area (Å²) < 4.78 is 7.24. The summed E-state index contributed by atoms with van der Waals surface area (Å²) >= 11 is 0. The van der Waals surface area contributed by atoms with Crippen molar-refractivity contribution in [1.29, 1.82) is 0 Å². The van der Waals surface area contributed by atoms with Gasteiger partial charge < -0.3 is 14.2 Å². The lowest BCUT2D eigenvalue weighted by molar-refractivity contribution is 0.0694. The molecule has 0 spiro atoms. The summed E-state index contributed by atoms with van der Waals surface area (Å²) in [7, 11) is 1.64. The molecule has 7 nitrogen and oxygen atoms in total. The third kappa shape index (κ3) is 3.17. The molecule has 2 aromatic heterocycles. The zero-order valence-corrected chi connectivity index (χ0v) is 14.6. The van der Waals surface area contributed by atoms with E-state index in [2.05, 4.69) is 26.7 Å². The molecule has 3 heterocycles. The van der Waals surface area contributed by atoms with Gasteiger partial charge in [0, 0.05) is 49.6 Å². The SMILES string of the molecule is COCc1nnc2n1CCN(C(=O)c1cc(C)nc(C)c1)[C@@H](C)C2. The van der Waals surface area contributed by atoms with E-state index in [0.29, 0.717) is 31.7 Å². The van der Waals surface area contributed by atoms with E-state index in [-0.39, 0.29) is 11.9 Å². The van der Waals surface area contributed by atoms with Crippen molar-refractivity contribution in [3.8, 4) is 0 Å². The number of hydrogen-bond acceptors (Lipinski definition) is 5. The van der Waals surface area contributed by atoms with Crippen LogP contribution in [-0.2, 0) is 24.3 Å². The van der Waals surface area contributed by atoms with Crippen LogP contribution in [0, 0.1) is 13.8 Å². The van der Waals surface area contributed by atoms with Gasteiger partial charge in [0.15, 0.2) is 5.82 Å². The molecule has 0 saturated carbocycles. The van der Waals surface area contributed by atoms with E-state index in [1.165, 1.54) is 0 Å². The van der Waals surface area contributed by atoms with Crippen LogP contribution < -0.4 is 0 Å². The molecule has 0 radical (unpaired) electrons. The fourth-order valence-electron chi connectivity index (χ4n) is 3.25. The van der Waals surface area contributed by atoms with E-state index in [1.54, 1.807) is 7.11 Å². The van der Waals surface area contributed by atoms with Crippen LogP contribution in [0.3, 0.4) is 0 Å². The molecule has 0 aromatic carbocycles. The minimum Gasteiger partial charge on any atom is -0.377 e. The Morgan fingerprint density at radius 1 is 1.25 bits per heavy atom. The van der Waals surface area contributed by atoms with Crippen molar-refractivity contribution < 1.29 is 9.53 Å². The average Bonchev–Trinajstić information content (AvgIpc) is 2.80. The van der Waals surface area contributed by atoms with Gasteiger partial charge in [-0.1, -0.05) is 0 Å². The molecule has 0 N–H and O–H groups in total. The Hall–Kier alpha value is -2.28. The third-order valence-electron chi connectivity index (χ3n) is 4.34. The van der Waals surface area contributed by atoms with Crippen LogP contribution in [0.1, 0.15) is 40.3 Å². The Labute approximate surface area is 141 Å². The number of hydrogen-bond donors (Lipinski definition) is 0. The molecule has 1 aliphatic rings. The molecule has 1 aliphatic heterocycles. The minimum atomic E-state index is 0.0445. The number of amides is 1. The van der Waals surface area contributed by atoms with Crippen molar-refractivity contribution in [3.63, 3.8) is 0 Å². The maximum Gasteiger partial charge on any atom is 0.254 e. The lowest BCUT2D eigenvalue weighted by atomic mass is 10.1. The number of carbonyl (C=O) groups excluding carboxylic acids is 1. The molecule has 1 amide bonds. The van der Waals surface area contributed by atoms with Gasteiger partial charge in [-0.05, 0) is 32.9 Å². The highest BCUT2D eigenvalue weighted by molar-refractivity contribution is 5.94. The third-order valence-corrected chi connectivity index (χ3v) is 4.34. The summed E-state index contributed by atoms with van der Waals surface area (Å²) in [4.78, 5) is 19.2. The smallest absolute Gasteiger partial charge is 0.254 e. The summed E-state index contributed by atoms with van der Waals surface area (Å²) in [6.07, 6.45) is 0.686. The summed E-state index contributed by atoms with van der Waals surface area (Å²) in [6.45, 7) is 7.61. The minimum absolute atomic E-state index is 0.0445. The van der Waals surface area contributed by atoms with Gasteiger partial charge in [-0.3, -0.25) is 9.78 Å². The molecule has 1 atom stereocenters. The van der Waals surface area contributed by atoms with Gasteiger partial charge in [-0.25, -0.2) is 0 Å². The highest BCUT2D eigenvalue weighted by atomic mass is 16.5. The zero-order valence-electron chi connectivity index (χ0n) is 14.6. The fraction of sp³-hybridized carbons (Fsp3) is 0.529. The van der Waals surface area contributed by atoms with Crippen LogP contribution in [0.15, 0.2) is 12.1 Å². The Balaban J connectivity index is 1.84. The van der Waals surface area contributed by atoms with Crippen molar-refractivity contribution in [2.75, 3.05) is 13.7 Å². The van der Waals surface area contributed by atoms with Crippen molar-refractivity contribution in [3.05, 3.63) is 40.7 Å².